The van der Waals surface area contributed by atoms with Gasteiger partial charge in [-0.1, -0.05) is 40.6 Å². The number of aryl methyl sites for hydroxylation is 1. The van der Waals surface area contributed by atoms with Crippen LogP contribution in [0.25, 0.3) is 10.2 Å². The topological polar surface area (TPSA) is 42.4 Å². The number of hydrogen-bond donors (Lipinski definition) is 0. The highest BCUT2D eigenvalue weighted by Gasteiger charge is 2.26. The van der Waals surface area contributed by atoms with Crippen LogP contribution in [0, 0.1) is 6.92 Å². The van der Waals surface area contributed by atoms with Crippen molar-refractivity contribution < 1.29 is 9.53 Å². The van der Waals surface area contributed by atoms with Crippen LogP contribution in [0.5, 0.6) is 0 Å². The highest BCUT2D eigenvalue weighted by atomic mass is 35.5. The molecule has 1 aliphatic rings. The lowest BCUT2D eigenvalue weighted by Gasteiger charge is -2.23. The highest BCUT2D eigenvalue weighted by Crippen LogP contribution is 2.36. The molecule has 1 unspecified atom stereocenters. The van der Waals surface area contributed by atoms with E-state index in [1.807, 2.05) is 43.3 Å². The summed E-state index contributed by atoms with van der Waals surface area (Å²) in [6.07, 6.45) is 2.47. The number of thioether (sulfide) groups is 1. The third-order valence-corrected chi connectivity index (χ3v) is 7.83. The summed E-state index contributed by atoms with van der Waals surface area (Å²) in [6.45, 7) is 3.29. The van der Waals surface area contributed by atoms with Crippen molar-refractivity contribution in [2.75, 3.05) is 23.8 Å². The molecule has 0 N–H and O–H groups in total. The summed E-state index contributed by atoms with van der Waals surface area (Å²) < 4.78 is 6.72. The number of halogens is 2. The summed E-state index contributed by atoms with van der Waals surface area (Å²) in [5.74, 6) is 0.743. The number of amides is 1. The molecule has 0 bridgehead atoms. The van der Waals surface area contributed by atoms with Crippen molar-refractivity contribution in [3.05, 3.63) is 52.0 Å². The largest absolute Gasteiger partial charge is 0.376 e. The van der Waals surface area contributed by atoms with Crippen LogP contribution in [0.4, 0.5) is 5.13 Å². The predicted molar refractivity (Wildman–Crippen MR) is 127 cm³/mol. The smallest absolute Gasteiger partial charge is 0.229 e. The Morgan fingerprint density at radius 3 is 2.77 bits per heavy atom. The summed E-state index contributed by atoms with van der Waals surface area (Å²) in [6, 6.07) is 11.5. The Hall–Kier alpha value is -1.31. The fourth-order valence-electron chi connectivity index (χ4n) is 3.41. The number of fused-ring (bicyclic) bond motifs is 1. The lowest BCUT2D eigenvalue weighted by Crippen LogP contribution is -2.37. The van der Waals surface area contributed by atoms with Gasteiger partial charge in [0.1, 0.15) is 0 Å². The van der Waals surface area contributed by atoms with E-state index in [-0.39, 0.29) is 12.0 Å². The van der Waals surface area contributed by atoms with Crippen LogP contribution in [0.2, 0.25) is 10.0 Å². The number of ether oxygens (including phenoxy) is 1. The average Bonchev–Trinajstić information content (AvgIpc) is 3.41. The first-order valence-electron chi connectivity index (χ1n) is 9.87. The van der Waals surface area contributed by atoms with Gasteiger partial charge >= 0.3 is 0 Å². The molecule has 4 nitrogen and oxygen atoms in total. The Balaban J connectivity index is 1.51. The number of hydrogen-bond acceptors (Lipinski definition) is 5. The van der Waals surface area contributed by atoms with Gasteiger partial charge in [0.05, 0.1) is 27.9 Å². The minimum Gasteiger partial charge on any atom is -0.376 e. The SMILES string of the molecule is Cc1ccc(Cl)c2sc(N(CC3CCCO3)C(=O)CCSc3ccc(Cl)cc3)nc12. The Bertz CT molecular complexity index is 995. The molecule has 0 radical (unpaired) electrons. The maximum absolute atomic E-state index is 13.2. The van der Waals surface area contributed by atoms with Crippen LogP contribution in [0.3, 0.4) is 0 Å². The van der Waals surface area contributed by atoms with Gasteiger partial charge in [0, 0.05) is 28.7 Å². The van der Waals surface area contributed by atoms with Gasteiger partial charge in [-0.3, -0.25) is 9.69 Å². The van der Waals surface area contributed by atoms with Crippen molar-refractivity contribution in [2.24, 2.45) is 0 Å². The number of anilines is 1. The van der Waals surface area contributed by atoms with E-state index < -0.39 is 0 Å². The molecule has 30 heavy (non-hydrogen) atoms. The summed E-state index contributed by atoms with van der Waals surface area (Å²) >= 11 is 15.5. The third kappa shape index (κ3) is 5.11. The fourth-order valence-corrected chi connectivity index (χ4v) is 5.72. The van der Waals surface area contributed by atoms with Gasteiger partial charge in [-0.25, -0.2) is 4.98 Å². The van der Waals surface area contributed by atoms with Crippen LogP contribution < -0.4 is 4.90 Å². The molecule has 1 amide bonds. The molecule has 2 heterocycles. The van der Waals surface area contributed by atoms with Crippen molar-refractivity contribution in [1.82, 2.24) is 4.98 Å². The molecule has 1 aromatic heterocycles. The second kappa shape index (κ2) is 9.88. The number of rotatable bonds is 7. The fraction of sp³-hybridized carbons (Fsp3) is 0.364. The van der Waals surface area contributed by atoms with Gasteiger partial charge in [-0.15, -0.1) is 11.8 Å². The van der Waals surface area contributed by atoms with E-state index in [2.05, 4.69) is 0 Å². The van der Waals surface area contributed by atoms with Crippen molar-refractivity contribution in [2.45, 2.75) is 37.2 Å². The van der Waals surface area contributed by atoms with E-state index in [0.29, 0.717) is 33.9 Å². The monoisotopic (exact) mass is 480 g/mol. The molecule has 3 aromatic rings. The van der Waals surface area contributed by atoms with Gasteiger partial charge in [-0.05, 0) is 55.7 Å². The van der Waals surface area contributed by atoms with Crippen LogP contribution >= 0.6 is 46.3 Å². The Kier molecular flexibility index (Phi) is 7.21. The van der Waals surface area contributed by atoms with E-state index in [1.165, 1.54) is 11.3 Å². The summed E-state index contributed by atoms with van der Waals surface area (Å²) in [5.41, 5.74) is 1.92. The second-order valence-corrected chi connectivity index (χ2v) is 10.2. The van der Waals surface area contributed by atoms with E-state index in [1.54, 1.807) is 16.7 Å². The molecule has 8 heteroatoms. The molecular formula is C22H22Cl2N2O2S2. The number of carbonyl (C=O) groups is 1. The van der Waals surface area contributed by atoms with Crippen LogP contribution in [0.1, 0.15) is 24.8 Å². The zero-order valence-corrected chi connectivity index (χ0v) is 19.7. The van der Waals surface area contributed by atoms with Gasteiger partial charge in [-0.2, -0.15) is 0 Å². The zero-order chi connectivity index (χ0) is 21.1. The quantitative estimate of drug-likeness (QED) is 0.357. The molecular weight excluding hydrogens is 459 g/mol. The standard InChI is InChI=1S/C22H22Cl2N2O2S2/c1-14-4-9-18(24)21-20(14)25-22(30-21)26(13-16-3-2-11-28-16)19(27)10-12-29-17-7-5-15(23)6-8-17/h4-9,16H,2-3,10-13H2,1H3. The maximum atomic E-state index is 13.2. The Morgan fingerprint density at radius 2 is 2.07 bits per heavy atom. The van der Waals surface area contributed by atoms with E-state index >= 15 is 0 Å². The van der Waals surface area contributed by atoms with Crippen molar-refractivity contribution in [3.63, 3.8) is 0 Å². The van der Waals surface area contributed by atoms with Crippen molar-refractivity contribution in [1.29, 1.82) is 0 Å². The average molecular weight is 481 g/mol. The lowest BCUT2D eigenvalue weighted by atomic mass is 10.2. The normalized spacial score (nSPS) is 16.3. The molecule has 0 spiro atoms. The highest BCUT2D eigenvalue weighted by molar-refractivity contribution is 7.99. The van der Waals surface area contributed by atoms with E-state index in [0.717, 1.165) is 40.1 Å². The molecule has 1 aliphatic heterocycles. The molecule has 2 aromatic carbocycles. The number of carbonyl (C=O) groups excluding carboxylic acids is 1. The molecule has 1 atom stereocenters. The van der Waals surface area contributed by atoms with Gasteiger partial charge in [0.25, 0.3) is 0 Å². The Labute approximate surface area is 194 Å². The van der Waals surface area contributed by atoms with E-state index in [9.17, 15) is 4.79 Å². The maximum Gasteiger partial charge on any atom is 0.229 e. The van der Waals surface area contributed by atoms with E-state index in [4.69, 9.17) is 32.9 Å². The molecule has 158 valence electrons. The van der Waals surface area contributed by atoms with Gasteiger partial charge in [0.2, 0.25) is 5.91 Å². The first kappa shape index (κ1) is 21.9. The first-order valence-corrected chi connectivity index (χ1v) is 12.4. The molecule has 1 fully saturated rings. The van der Waals surface area contributed by atoms with Crippen molar-refractivity contribution in [3.8, 4) is 0 Å². The lowest BCUT2D eigenvalue weighted by molar-refractivity contribution is -0.118. The summed E-state index contributed by atoms with van der Waals surface area (Å²) in [4.78, 5) is 20.9. The van der Waals surface area contributed by atoms with Crippen LogP contribution in [-0.2, 0) is 9.53 Å². The second-order valence-electron chi connectivity index (χ2n) is 7.23. The predicted octanol–water partition coefficient (Wildman–Crippen LogP) is 6.61. The number of aromatic nitrogens is 1. The first-order chi connectivity index (χ1) is 14.5. The zero-order valence-electron chi connectivity index (χ0n) is 16.6. The molecule has 4 rings (SSSR count). The third-order valence-electron chi connectivity index (χ3n) is 5.03. The minimum absolute atomic E-state index is 0.0554. The van der Waals surface area contributed by atoms with Crippen molar-refractivity contribution >= 4 is 67.6 Å². The molecule has 1 saturated heterocycles. The van der Waals surface area contributed by atoms with Crippen LogP contribution in [-0.4, -0.2) is 35.9 Å². The summed E-state index contributed by atoms with van der Waals surface area (Å²) in [5, 5.41) is 2.07. The van der Waals surface area contributed by atoms with Crippen LogP contribution in [0.15, 0.2) is 41.3 Å². The van der Waals surface area contributed by atoms with Gasteiger partial charge < -0.3 is 4.74 Å². The van der Waals surface area contributed by atoms with Gasteiger partial charge in [0.15, 0.2) is 5.13 Å². The Morgan fingerprint density at radius 1 is 1.27 bits per heavy atom. The summed E-state index contributed by atoms with van der Waals surface area (Å²) in [7, 11) is 0. The molecule has 0 saturated carbocycles. The molecule has 0 aliphatic carbocycles. The minimum atomic E-state index is 0.0554. The number of thiazole rings is 1. The number of benzene rings is 2. The number of nitrogens with zero attached hydrogens (tertiary/aromatic N) is 2.